The molecular formula is C22H29N3O2. The Hall–Kier alpha value is -2.82. The first-order valence-corrected chi connectivity index (χ1v) is 9.36. The van der Waals surface area contributed by atoms with Crippen LogP contribution in [-0.2, 0) is 13.0 Å². The summed E-state index contributed by atoms with van der Waals surface area (Å²) in [6, 6.07) is 17.4. The van der Waals surface area contributed by atoms with Gasteiger partial charge in [0, 0.05) is 25.7 Å². The van der Waals surface area contributed by atoms with Crippen molar-refractivity contribution in [1.29, 1.82) is 0 Å². The smallest absolute Gasteiger partial charge is 0.315 e. The summed E-state index contributed by atoms with van der Waals surface area (Å²) in [4.78, 5) is 23.9. The Morgan fingerprint density at radius 3 is 2.30 bits per heavy atom. The van der Waals surface area contributed by atoms with E-state index < -0.39 is 0 Å². The lowest BCUT2D eigenvalue weighted by Gasteiger charge is -2.21. The van der Waals surface area contributed by atoms with E-state index in [1.165, 1.54) is 5.56 Å². The molecule has 5 heteroatoms. The molecule has 2 rings (SSSR count). The van der Waals surface area contributed by atoms with Crippen LogP contribution in [0.25, 0.3) is 0 Å². The van der Waals surface area contributed by atoms with Gasteiger partial charge < -0.3 is 16.0 Å². The van der Waals surface area contributed by atoms with Crippen molar-refractivity contribution in [3.05, 3.63) is 71.3 Å². The van der Waals surface area contributed by atoms with Crippen LogP contribution in [0.1, 0.15) is 35.3 Å². The molecule has 2 aromatic carbocycles. The van der Waals surface area contributed by atoms with E-state index in [2.05, 4.69) is 41.9 Å². The molecule has 3 N–H and O–H groups in total. The van der Waals surface area contributed by atoms with Crippen molar-refractivity contribution in [2.24, 2.45) is 11.8 Å². The number of rotatable bonds is 8. The zero-order chi connectivity index (χ0) is 19.6. The average molecular weight is 367 g/mol. The van der Waals surface area contributed by atoms with Gasteiger partial charge in [-0.1, -0.05) is 56.3 Å². The van der Waals surface area contributed by atoms with E-state index in [9.17, 15) is 9.59 Å². The van der Waals surface area contributed by atoms with Crippen LogP contribution >= 0.6 is 0 Å². The van der Waals surface area contributed by atoms with Crippen molar-refractivity contribution < 1.29 is 9.59 Å². The monoisotopic (exact) mass is 367 g/mol. The minimum absolute atomic E-state index is 0.137. The van der Waals surface area contributed by atoms with E-state index in [-0.39, 0.29) is 11.9 Å². The fourth-order valence-corrected chi connectivity index (χ4v) is 2.90. The summed E-state index contributed by atoms with van der Waals surface area (Å²) in [5, 5.41) is 8.43. The van der Waals surface area contributed by atoms with Gasteiger partial charge in [0.15, 0.2) is 0 Å². The summed E-state index contributed by atoms with van der Waals surface area (Å²) in [5.74, 6) is 0.700. The Morgan fingerprint density at radius 1 is 0.926 bits per heavy atom. The van der Waals surface area contributed by atoms with Crippen LogP contribution in [0, 0.1) is 11.8 Å². The lowest BCUT2D eigenvalue weighted by atomic mass is 9.89. The van der Waals surface area contributed by atoms with Crippen LogP contribution in [0.4, 0.5) is 4.79 Å². The molecule has 3 amide bonds. The lowest BCUT2D eigenvalue weighted by Crippen LogP contribution is -2.39. The SMILES string of the molecule is CNC(=O)c1cccc(CNC(=O)NC[C@H](Cc2ccccc2)C(C)C)c1. The number of carbonyl (C=O) groups excluding carboxylic acids is 2. The van der Waals surface area contributed by atoms with E-state index >= 15 is 0 Å². The molecule has 0 aliphatic heterocycles. The van der Waals surface area contributed by atoms with E-state index in [0.717, 1.165) is 12.0 Å². The van der Waals surface area contributed by atoms with Crippen LogP contribution in [0.5, 0.6) is 0 Å². The van der Waals surface area contributed by atoms with Gasteiger partial charge in [-0.2, -0.15) is 0 Å². The molecule has 144 valence electrons. The first-order valence-electron chi connectivity index (χ1n) is 9.36. The summed E-state index contributed by atoms with van der Waals surface area (Å²) < 4.78 is 0. The number of carbonyl (C=O) groups is 2. The number of benzene rings is 2. The fourth-order valence-electron chi connectivity index (χ4n) is 2.90. The highest BCUT2D eigenvalue weighted by atomic mass is 16.2. The molecule has 0 aliphatic carbocycles. The van der Waals surface area contributed by atoms with Gasteiger partial charge >= 0.3 is 6.03 Å². The van der Waals surface area contributed by atoms with Crippen molar-refractivity contribution in [2.75, 3.05) is 13.6 Å². The Balaban J connectivity index is 1.83. The predicted octanol–water partition coefficient (Wildman–Crippen LogP) is 3.36. The van der Waals surface area contributed by atoms with Gasteiger partial charge in [-0.05, 0) is 41.5 Å². The van der Waals surface area contributed by atoms with Crippen LogP contribution in [0.3, 0.4) is 0 Å². The first kappa shape index (κ1) is 20.5. The summed E-state index contributed by atoms with van der Waals surface area (Å²) in [7, 11) is 1.60. The molecule has 2 aromatic rings. The first-order chi connectivity index (χ1) is 13.0. The molecule has 0 spiro atoms. The van der Waals surface area contributed by atoms with Crippen LogP contribution in [0.15, 0.2) is 54.6 Å². The molecule has 0 saturated carbocycles. The standard InChI is InChI=1S/C22H29N3O2/c1-16(2)20(12-17-8-5-4-6-9-17)15-25-22(27)24-14-18-10-7-11-19(13-18)21(26)23-3/h4-11,13,16,20H,12,14-15H2,1-3H3,(H,23,26)(H2,24,25,27)/t20-/m0/s1. The van der Waals surface area contributed by atoms with Gasteiger partial charge in [-0.3, -0.25) is 4.79 Å². The Morgan fingerprint density at radius 2 is 1.63 bits per heavy atom. The third-order valence-electron chi connectivity index (χ3n) is 4.68. The number of amides is 3. The Kier molecular flexibility index (Phi) is 7.86. The molecule has 5 nitrogen and oxygen atoms in total. The lowest BCUT2D eigenvalue weighted by molar-refractivity contribution is 0.0963. The highest BCUT2D eigenvalue weighted by Crippen LogP contribution is 2.16. The third kappa shape index (κ3) is 6.77. The summed E-state index contributed by atoms with van der Waals surface area (Å²) in [5.41, 5.74) is 2.75. The van der Waals surface area contributed by atoms with E-state index in [1.807, 2.05) is 30.3 Å². The molecule has 0 aliphatic rings. The van der Waals surface area contributed by atoms with Gasteiger partial charge in [0.05, 0.1) is 0 Å². The maximum absolute atomic E-state index is 12.2. The zero-order valence-electron chi connectivity index (χ0n) is 16.3. The maximum Gasteiger partial charge on any atom is 0.315 e. The fraction of sp³-hybridized carbons (Fsp3) is 0.364. The maximum atomic E-state index is 12.2. The minimum atomic E-state index is -0.195. The van der Waals surface area contributed by atoms with Crippen molar-refractivity contribution >= 4 is 11.9 Å². The van der Waals surface area contributed by atoms with Gasteiger partial charge in [0.2, 0.25) is 0 Å². The molecule has 0 saturated heterocycles. The Labute approximate surface area is 161 Å². The second-order valence-electron chi connectivity index (χ2n) is 7.04. The van der Waals surface area contributed by atoms with E-state index in [1.54, 1.807) is 19.2 Å². The summed E-state index contributed by atoms with van der Waals surface area (Å²) in [6.07, 6.45) is 0.937. The highest BCUT2D eigenvalue weighted by molar-refractivity contribution is 5.94. The minimum Gasteiger partial charge on any atom is -0.355 e. The Bertz CT molecular complexity index is 744. The second-order valence-corrected chi connectivity index (χ2v) is 7.04. The molecular weight excluding hydrogens is 338 g/mol. The van der Waals surface area contributed by atoms with E-state index in [0.29, 0.717) is 30.5 Å². The summed E-state index contributed by atoms with van der Waals surface area (Å²) in [6.45, 7) is 5.35. The van der Waals surface area contributed by atoms with Gasteiger partial charge in [0.1, 0.15) is 0 Å². The number of nitrogens with one attached hydrogen (secondary N) is 3. The van der Waals surface area contributed by atoms with Gasteiger partial charge in [-0.15, -0.1) is 0 Å². The number of hydrogen-bond acceptors (Lipinski definition) is 2. The molecule has 0 unspecified atom stereocenters. The number of hydrogen-bond donors (Lipinski definition) is 3. The third-order valence-corrected chi connectivity index (χ3v) is 4.68. The number of urea groups is 1. The molecule has 27 heavy (non-hydrogen) atoms. The van der Waals surface area contributed by atoms with Crippen LogP contribution in [0.2, 0.25) is 0 Å². The van der Waals surface area contributed by atoms with Crippen LogP contribution < -0.4 is 16.0 Å². The molecule has 0 heterocycles. The molecule has 0 fully saturated rings. The molecule has 0 radical (unpaired) electrons. The van der Waals surface area contributed by atoms with Crippen molar-refractivity contribution in [1.82, 2.24) is 16.0 Å². The molecule has 1 atom stereocenters. The highest BCUT2D eigenvalue weighted by Gasteiger charge is 2.15. The quantitative estimate of drug-likeness (QED) is 0.669. The van der Waals surface area contributed by atoms with Crippen molar-refractivity contribution in [3.63, 3.8) is 0 Å². The topological polar surface area (TPSA) is 70.2 Å². The second kappa shape index (κ2) is 10.4. The normalized spacial score (nSPS) is 11.7. The molecule has 0 aromatic heterocycles. The largest absolute Gasteiger partial charge is 0.355 e. The zero-order valence-corrected chi connectivity index (χ0v) is 16.3. The predicted molar refractivity (Wildman–Crippen MR) is 109 cm³/mol. The summed E-state index contributed by atoms with van der Waals surface area (Å²) >= 11 is 0. The van der Waals surface area contributed by atoms with Gasteiger partial charge in [0.25, 0.3) is 5.91 Å². The van der Waals surface area contributed by atoms with Gasteiger partial charge in [-0.25, -0.2) is 4.79 Å². The van der Waals surface area contributed by atoms with Crippen molar-refractivity contribution in [3.8, 4) is 0 Å². The molecule has 0 bridgehead atoms. The average Bonchev–Trinajstić information content (AvgIpc) is 2.69. The van der Waals surface area contributed by atoms with E-state index in [4.69, 9.17) is 0 Å². The van der Waals surface area contributed by atoms with Crippen molar-refractivity contribution in [2.45, 2.75) is 26.8 Å². The van der Waals surface area contributed by atoms with Crippen LogP contribution in [-0.4, -0.2) is 25.5 Å².